The second-order valence-electron chi connectivity index (χ2n) is 7.64. The van der Waals surface area contributed by atoms with Crippen molar-refractivity contribution in [3.05, 3.63) is 118 Å². The third-order valence-corrected chi connectivity index (χ3v) is 5.39. The maximum absolute atomic E-state index is 13.0. The summed E-state index contributed by atoms with van der Waals surface area (Å²) >= 11 is 0. The summed E-state index contributed by atoms with van der Waals surface area (Å²) in [5.74, 6) is -0.323. The molecule has 3 N–H and O–H groups in total. The van der Waals surface area contributed by atoms with Crippen molar-refractivity contribution >= 4 is 46.4 Å². The quantitative estimate of drug-likeness (QED) is 0.207. The van der Waals surface area contributed by atoms with Crippen molar-refractivity contribution in [3.63, 3.8) is 0 Å². The number of amides is 1. The SMILES string of the molecule is O=C1Nc2ccc([N+](=O)[O-])cc2C1=C(Nc1cccc(C=Cc2c[nH]cn2)c1)c1ccccc1. The highest BCUT2D eigenvalue weighted by Crippen LogP contribution is 2.39. The molecule has 1 aliphatic rings. The molecule has 166 valence electrons. The molecule has 0 unspecified atom stereocenters. The van der Waals surface area contributed by atoms with Gasteiger partial charge in [-0.2, -0.15) is 0 Å². The van der Waals surface area contributed by atoms with Crippen LogP contribution in [0.2, 0.25) is 0 Å². The van der Waals surface area contributed by atoms with Crippen LogP contribution in [0.1, 0.15) is 22.4 Å². The van der Waals surface area contributed by atoms with Crippen molar-refractivity contribution in [1.29, 1.82) is 0 Å². The Morgan fingerprint density at radius 2 is 1.85 bits per heavy atom. The highest BCUT2D eigenvalue weighted by atomic mass is 16.6. The Labute approximate surface area is 194 Å². The van der Waals surface area contributed by atoms with Gasteiger partial charge in [0.1, 0.15) is 0 Å². The zero-order chi connectivity index (χ0) is 23.5. The highest BCUT2D eigenvalue weighted by molar-refractivity contribution is 6.37. The number of nitrogens with one attached hydrogen (secondary N) is 3. The van der Waals surface area contributed by atoms with E-state index in [0.29, 0.717) is 22.5 Å². The summed E-state index contributed by atoms with van der Waals surface area (Å²) in [7, 11) is 0. The number of aromatic amines is 1. The molecule has 8 nitrogen and oxygen atoms in total. The molecule has 0 atom stereocenters. The summed E-state index contributed by atoms with van der Waals surface area (Å²) in [5, 5.41) is 17.6. The smallest absolute Gasteiger partial charge is 0.270 e. The molecule has 0 spiro atoms. The first-order valence-electron chi connectivity index (χ1n) is 10.5. The Hall–Kier alpha value is -4.98. The topological polar surface area (TPSA) is 113 Å². The van der Waals surface area contributed by atoms with Crippen LogP contribution in [-0.4, -0.2) is 20.8 Å². The first-order chi connectivity index (χ1) is 16.6. The lowest BCUT2D eigenvalue weighted by Crippen LogP contribution is -2.10. The van der Waals surface area contributed by atoms with Gasteiger partial charge in [-0.05, 0) is 35.4 Å². The minimum Gasteiger partial charge on any atom is -0.354 e. The number of nitrogens with zero attached hydrogens (tertiary/aromatic N) is 2. The molecule has 0 bridgehead atoms. The molecule has 1 aromatic heterocycles. The van der Waals surface area contributed by atoms with E-state index in [1.807, 2.05) is 66.7 Å². The van der Waals surface area contributed by atoms with E-state index in [9.17, 15) is 14.9 Å². The number of nitro benzene ring substituents is 1. The first kappa shape index (κ1) is 20.9. The van der Waals surface area contributed by atoms with Crippen LogP contribution in [0.4, 0.5) is 17.1 Å². The molecule has 3 aromatic carbocycles. The largest absolute Gasteiger partial charge is 0.354 e. The summed E-state index contributed by atoms with van der Waals surface area (Å²) in [6.07, 6.45) is 7.25. The molecule has 2 heterocycles. The Bertz CT molecular complexity index is 1440. The minimum absolute atomic E-state index is 0.0781. The van der Waals surface area contributed by atoms with Crippen molar-refractivity contribution in [2.45, 2.75) is 0 Å². The second kappa shape index (κ2) is 8.87. The molecule has 34 heavy (non-hydrogen) atoms. The number of rotatable bonds is 6. The monoisotopic (exact) mass is 449 g/mol. The van der Waals surface area contributed by atoms with Crippen LogP contribution >= 0.6 is 0 Å². The molecule has 0 saturated heterocycles. The first-order valence-corrected chi connectivity index (χ1v) is 10.5. The van der Waals surface area contributed by atoms with E-state index in [0.717, 1.165) is 22.5 Å². The molecular weight excluding hydrogens is 430 g/mol. The van der Waals surface area contributed by atoms with Crippen LogP contribution in [-0.2, 0) is 4.79 Å². The van der Waals surface area contributed by atoms with Crippen LogP contribution in [0.25, 0.3) is 23.4 Å². The molecule has 0 fully saturated rings. The summed E-state index contributed by atoms with van der Waals surface area (Å²) < 4.78 is 0. The molecule has 1 aliphatic heterocycles. The number of nitro groups is 1. The average Bonchev–Trinajstić information content (AvgIpc) is 3.49. The number of aromatic nitrogens is 2. The number of imidazole rings is 1. The third kappa shape index (κ3) is 4.20. The maximum atomic E-state index is 13.0. The van der Waals surface area contributed by atoms with Crippen LogP contribution < -0.4 is 10.6 Å². The number of hydrogen-bond donors (Lipinski definition) is 3. The number of hydrogen-bond acceptors (Lipinski definition) is 5. The van der Waals surface area contributed by atoms with Gasteiger partial charge in [-0.15, -0.1) is 0 Å². The minimum atomic E-state index is -0.467. The number of H-pyrrole nitrogens is 1. The van der Waals surface area contributed by atoms with Crippen LogP contribution in [0.15, 0.2) is 85.3 Å². The average molecular weight is 449 g/mol. The lowest BCUT2D eigenvalue weighted by atomic mass is 9.99. The molecule has 5 rings (SSSR count). The zero-order valence-electron chi connectivity index (χ0n) is 17.9. The van der Waals surface area contributed by atoms with Crippen LogP contribution in [0.3, 0.4) is 0 Å². The van der Waals surface area contributed by atoms with E-state index in [2.05, 4.69) is 20.6 Å². The van der Waals surface area contributed by atoms with Crippen molar-refractivity contribution < 1.29 is 9.72 Å². The normalized spacial score (nSPS) is 14.1. The molecule has 0 saturated carbocycles. The summed E-state index contributed by atoms with van der Waals surface area (Å²) in [6.45, 7) is 0. The third-order valence-electron chi connectivity index (χ3n) is 5.39. The van der Waals surface area contributed by atoms with Gasteiger partial charge >= 0.3 is 0 Å². The van der Waals surface area contributed by atoms with Gasteiger partial charge in [0.2, 0.25) is 0 Å². The summed E-state index contributed by atoms with van der Waals surface area (Å²) in [6, 6.07) is 21.5. The van der Waals surface area contributed by atoms with Gasteiger partial charge in [0.05, 0.1) is 28.2 Å². The number of carbonyl (C=O) groups is 1. The summed E-state index contributed by atoms with van der Waals surface area (Å²) in [5.41, 5.74) is 5.16. The van der Waals surface area contributed by atoms with Crippen LogP contribution in [0.5, 0.6) is 0 Å². The van der Waals surface area contributed by atoms with Gasteiger partial charge in [-0.25, -0.2) is 4.98 Å². The Balaban J connectivity index is 1.59. The second-order valence-corrected chi connectivity index (χ2v) is 7.64. The lowest BCUT2D eigenvalue weighted by Gasteiger charge is -2.15. The van der Waals surface area contributed by atoms with Gasteiger partial charge in [0.25, 0.3) is 11.6 Å². The Morgan fingerprint density at radius 1 is 1.00 bits per heavy atom. The van der Waals surface area contributed by atoms with Crippen molar-refractivity contribution in [1.82, 2.24) is 9.97 Å². The molecular formula is C26H19N5O3. The highest BCUT2D eigenvalue weighted by Gasteiger charge is 2.30. The standard InChI is InChI=1S/C26H19N5O3/c32-26-24(22-14-21(31(33)34)11-12-23(22)30-26)25(18-6-2-1-3-7-18)29-19-8-4-5-17(13-19)9-10-20-15-27-16-28-20/h1-16,29H,(H,27,28)(H,30,32). The van der Waals surface area contributed by atoms with Crippen molar-refractivity contribution in [2.24, 2.45) is 0 Å². The molecule has 4 aromatic rings. The molecule has 8 heteroatoms. The summed E-state index contributed by atoms with van der Waals surface area (Å²) in [4.78, 5) is 31.0. The van der Waals surface area contributed by atoms with E-state index < -0.39 is 4.92 Å². The van der Waals surface area contributed by atoms with Crippen LogP contribution in [0, 0.1) is 10.1 Å². The Morgan fingerprint density at radius 3 is 2.62 bits per heavy atom. The van der Waals surface area contributed by atoms with Gasteiger partial charge in [-0.3, -0.25) is 14.9 Å². The fraction of sp³-hybridized carbons (Fsp3) is 0. The zero-order valence-corrected chi connectivity index (χ0v) is 17.9. The number of fused-ring (bicyclic) bond motifs is 1. The van der Waals surface area contributed by atoms with E-state index in [1.165, 1.54) is 12.1 Å². The maximum Gasteiger partial charge on any atom is 0.270 e. The van der Waals surface area contributed by atoms with Gasteiger partial charge in [0.15, 0.2) is 0 Å². The number of carbonyl (C=O) groups excluding carboxylic acids is 1. The van der Waals surface area contributed by atoms with E-state index in [4.69, 9.17) is 0 Å². The predicted molar refractivity (Wildman–Crippen MR) is 133 cm³/mol. The predicted octanol–water partition coefficient (Wildman–Crippen LogP) is 5.42. The molecule has 0 radical (unpaired) electrons. The fourth-order valence-corrected chi connectivity index (χ4v) is 3.81. The van der Waals surface area contributed by atoms with E-state index >= 15 is 0 Å². The lowest BCUT2D eigenvalue weighted by molar-refractivity contribution is -0.384. The fourth-order valence-electron chi connectivity index (χ4n) is 3.81. The number of benzene rings is 3. The van der Waals surface area contributed by atoms with Crippen molar-refractivity contribution in [3.8, 4) is 0 Å². The van der Waals surface area contributed by atoms with Gasteiger partial charge in [0, 0.05) is 35.3 Å². The number of non-ortho nitro benzene ring substituents is 1. The van der Waals surface area contributed by atoms with Gasteiger partial charge < -0.3 is 15.6 Å². The van der Waals surface area contributed by atoms with E-state index in [1.54, 1.807) is 18.6 Å². The Kier molecular flexibility index (Phi) is 5.45. The van der Waals surface area contributed by atoms with Crippen molar-refractivity contribution in [2.75, 3.05) is 10.6 Å². The molecule has 1 amide bonds. The number of anilines is 2. The van der Waals surface area contributed by atoms with Gasteiger partial charge in [-0.1, -0.05) is 48.5 Å². The van der Waals surface area contributed by atoms with E-state index in [-0.39, 0.29) is 11.6 Å². The molecule has 0 aliphatic carbocycles.